The molecule has 1 aliphatic rings. The summed E-state index contributed by atoms with van der Waals surface area (Å²) in [5.74, 6) is 0.404. The van der Waals surface area contributed by atoms with Gasteiger partial charge >= 0.3 is 144 Å². The minimum absolute atomic E-state index is 0. The maximum absolute atomic E-state index is 2.80. The molecular formula is C19H27BClNSi2. The number of nitrogens with zero attached hydrogens (tertiary/aromatic N) is 1. The molecule has 24 heavy (non-hydrogen) atoms. The van der Waals surface area contributed by atoms with Gasteiger partial charge in [0, 0.05) is 0 Å². The Balaban J connectivity index is 0.00000208. The van der Waals surface area contributed by atoms with Crippen molar-refractivity contribution in [1.29, 1.82) is 0 Å². The second-order valence-electron chi connectivity index (χ2n) is 8.51. The van der Waals surface area contributed by atoms with Crippen LogP contribution in [0.2, 0.25) is 39.3 Å². The van der Waals surface area contributed by atoms with Crippen LogP contribution in [-0.2, 0) is 0 Å². The molecule has 126 valence electrons. The first-order valence-corrected chi connectivity index (χ1v) is 15.4. The molecule has 0 aromatic heterocycles. The Morgan fingerprint density at radius 3 is 1.46 bits per heavy atom. The Labute approximate surface area is 156 Å². The van der Waals surface area contributed by atoms with Gasteiger partial charge in [0.05, 0.1) is 0 Å². The molecule has 0 N–H and O–H groups in total. The van der Waals surface area contributed by atoms with Gasteiger partial charge in [-0.15, -0.1) is 0 Å². The maximum atomic E-state index is 2.80. The van der Waals surface area contributed by atoms with Gasteiger partial charge in [-0.05, 0) is 0 Å². The van der Waals surface area contributed by atoms with Crippen molar-refractivity contribution in [3.8, 4) is 11.1 Å². The van der Waals surface area contributed by atoms with E-state index in [0.717, 1.165) is 0 Å². The fourth-order valence-electron chi connectivity index (χ4n) is 3.96. The summed E-state index contributed by atoms with van der Waals surface area (Å²) in [6.07, 6.45) is 0. The predicted octanol–water partition coefficient (Wildman–Crippen LogP) is 2.35. The fraction of sp³-hybridized carbons (Fsp3) is 0.368. The van der Waals surface area contributed by atoms with Crippen molar-refractivity contribution in [3.05, 3.63) is 59.7 Å². The molecule has 0 aliphatic heterocycles. The van der Waals surface area contributed by atoms with E-state index in [4.69, 9.17) is 0 Å². The molecule has 0 radical (unpaired) electrons. The number of benzene rings is 2. The Morgan fingerprint density at radius 1 is 0.708 bits per heavy atom. The normalized spacial score (nSPS) is 14.0. The second kappa shape index (κ2) is 6.83. The van der Waals surface area contributed by atoms with Crippen LogP contribution in [0.15, 0.2) is 48.5 Å². The zero-order chi connectivity index (χ0) is 16.8. The van der Waals surface area contributed by atoms with Crippen LogP contribution in [0.5, 0.6) is 0 Å². The van der Waals surface area contributed by atoms with Gasteiger partial charge in [0.25, 0.3) is 0 Å². The second-order valence-corrected chi connectivity index (χ2v) is 18.6. The van der Waals surface area contributed by atoms with Crippen LogP contribution in [0, 0.1) is 0 Å². The number of rotatable bonds is 4. The van der Waals surface area contributed by atoms with Crippen molar-refractivity contribution >= 4 is 23.9 Å². The van der Waals surface area contributed by atoms with E-state index >= 15 is 0 Å². The molecule has 3 rings (SSSR count). The van der Waals surface area contributed by atoms with Gasteiger partial charge in [-0.1, -0.05) is 0 Å². The zero-order valence-corrected chi connectivity index (χ0v) is 18.4. The summed E-state index contributed by atoms with van der Waals surface area (Å²) in [6.45, 7) is 14.8. The standard InChI is InChI=1S/C19H27BNSi2.ClH/c1-22(2,3)21(23(4,5)6)20-19-17-13-9-7-11-15(17)16-12-8-10-14-18(16)19;/h7-14,19H,1-6H3;1H/q+1;/p-1. The molecule has 0 amide bonds. The van der Waals surface area contributed by atoms with E-state index in [1.807, 2.05) is 0 Å². The van der Waals surface area contributed by atoms with Crippen LogP contribution in [-0.4, -0.2) is 28.0 Å². The Hall–Kier alpha value is -0.811. The van der Waals surface area contributed by atoms with E-state index in [-0.39, 0.29) is 12.4 Å². The summed E-state index contributed by atoms with van der Waals surface area (Å²) in [5.41, 5.74) is 5.76. The van der Waals surface area contributed by atoms with E-state index < -0.39 is 16.5 Å². The molecule has 0 fully saturated rings. The van der Waals surface area contributed by atoms with Crippen LogP contribution in [0.4, 0.5) is 0 Å². The van der Waals surface area contributed by atoms with Gasteiger partial charge < -0.3 is 12.4 Å². The molecule has 0 unspecified atom stereocenters. The number of fused-ring (bicyclic) bond motifs is 3. The van der Waals surface area contributed by atoms with Crippen molar-refractivity contribution in [2.75, 3.05) is 0 Å². The monoisotopic (exact) mass is 371 g/mol. The molecule has 1 aliphatic carbocycles. The van der Waals surface area contributed by atoms with Crippen LogP contribution in [0.1, 0.15) is 16.9 Å². The summed E-state index contributed by atoms with van der Waals surface area (Å²) in [7, 11) is -0.213. The average molecular weight is 372 g/mol. The summed E-state index contributed by atoms with van der Waals surface area (Å²) >= 11 is 0. The molecule has 0 atom stereocenters. The fourth-order valence-corrected chi connectivity index (χ4v) is 13.2. The maximum Gasteiger partial charge on any atom is -1.00 e. The number of halogens is 1. The largest absolute Gasteiger partial charge is 1.00 e. The topological polar surface area (TPSA) is 3.24 Å². The first-order chi connectivity index (χ1) is 10.7. The SMILES string of the molecule is C[Si](C)(C)N([B+]C1c2ccccc2-c2ccccc21)[Si](C)(C)C.[Cl-]. The zero-order valence-electron chi connectivity index (χ0n) is 15.6. The molecule has 0 spiro atoms. The number of hydrogen-bond donors (Lipinski definition) is 0. The predicted molar refractivity (Wildman–Crippen MR) is 108 cm³/mol. The van der Waals surface area contributed by atoms with Crippen LogP contribution in [0.3, 0.4) is 0 Å². The molecule has 0 bridgehead atoms. The van der Waals surface area contributed by atoms with Gasteiger partial charge in [-0.3, -0.25) is 0 Å². The number of hydrogen-bond acceptors (Lipinski definition) is 1. The van der Waals surface area contributed by atoms with Gasteiger partial charge in [-0.25, -0.2) is 0 Å². The molecule has 2 aromatic carbocycles. The van der Waals surface area contributed by atoms with Gasteiger partial charge in [0.15, 0.2) is 0 Å². The van der Waals surface area contributed by atoms with Gasteiger partial charge in [0.1, 0.15) is 0 Å². The van der Waals surface area contributed by atoms with Crippen molar-refractivity contribution in [3.63, 3.8) is 0 Å². The summed E-state index contributed by atoms with van der Waals surface area (Å²) in [6, 6.07) is 17.8. The third kappa shape index (κ3) is 3.57. The van der Waals surface area contributed by atoms with Crippen LogP contribution < -0.4 is 12.4 Å². The van der Waals surface area contributed by atoms with E-state index in [0.29, 0.717) is 5.82 Å². The van der Waals surface area contributed by atoms with Crippen LogP contribution in [0.25, 0.3) is 11.1 Å². The van der Waals surface area contributed by atoms with E-state index in [2.05, 4.69) is 99.4 Å². The summed E-state index contributed by atoms with van der Waals surface area (Å²) in [5, 5.41) is 0. The average Bonchev–Trinajstić information content (AvgIpc) is 2.77. The third-order valence-corrected chi connectivity index (χ3v) is 11.8. The van der Waals surface area contributed by atoms with Crippen molar-refractivity contribution in [1.82, 2.24) is 4.14 Å². The Kier molecular flexibility index (Phi) is 5.55. The molecule has 0 heterocycles. The molecule has 5 heteroatoms. The van der Waals surface area contributed by atoms with Crippen molar-refractivity contribution in [2.24, 2.45) is 0 Å². The summed E-state index contributed by atoms with van der Waals surface area (Å²) < 4.78 is 2.80. The van der Waals surface area contributed by atoms with Gasteiger partial charge in [0.2, 0.25) is 0 Å². The van der Waals surface area contributed by atoms with E-state index in [1.165, 1.54) is 22.3 Å². The van der Waals surface area contributed by atoms with E-state index in [9.17, 15) is 0 Å². The van der Waals surface area contributed by atoms with Crippen molar-refractivity contribution < 1.29 is 12.4 Å². The summed E-state index contributed by atoms with van der Waals surface area (Å²) in [4.78, 5) is 0. The first kappa shape index (κ1) is 19.5. The molecule has 0 saturated carbocycles. The molecule has 2 aromatic rings. The molecule has 1 nitrogen and oxygen atoms in total. The van der Waals surface area contributed by atoms with Crippen LogP contribution >= 0.6 is 0 Å². The first-order valence-electron chi connectivity index (χ1n) is 8.52. The van der Waals surface area contributed by atoms with E-state index in [1.54, 1.807) is 0 Å². The van der Waals surface area contributed by atoms with Crippen molar-refractivity contribution in [2.45, 2.75) is 45.1 Å². The Morgan fingerprint density at radius 2 is 1.08 bits per heavy atom. The Bertz CT molecular complexity index is 662. The van der Waals surface area contributed by atoms with Gasteiger partial charge in [-0.2, -0.15) is 0 Å². The minimum Gasteiger partial charge on any atom is -1.00 e. The molecular weight excluding hydrogens is 345 g/mol. The minimum atomic E-state index is -1.39. The third-order valence-electron chi connectivity index (χ3n) is 4.63. The quantitative estimate of drug-likeness (QED) is 0.746. The smallest absolute Gasteiger partial charge is 1.00 e. The molecule has 0 saturated heterocycles.